The summed E-state index contributed by atoms with van der Waals surface area (Å²) in [4.78, 5) is 40.6. The van der Waals surface area contributed by atoms with Crippen molar-refractivity contribution in [3.05, 3.63) is 29.3 Å². The van der Waals surface area contributed by atoms with Crippen LogP contribution in [0, 0.1) is 5.41 Å². The first-order valence-electron chi connectivity index (χ1n) is 10.3. The summed E-state index contributed by atoms with van der Waals surface area (Å²) in [6, 6.07) is 5.57. The molecule has 0 aliphatic carbocycles. The molecule has 1 spiro atoms. The molecule has 1 atom stereocenters. The van der Waals surface area contributed by atoms with Gasteiger partial charge in [0.1, 0.15) is 6.04 Å². The highest BCUT2D eigenvalue weighted by atomic mass is 16.2. The van der Waals surface area contributed by atoms with Crippen LogP contribution < -0.4 is 15.5 Å². The number of hydrogen-bond acceptors (Lipinski definition) is 5. The summed E-state index contributed by atoms with van der Waals surface area (Å²) in [7, 11) is 0. The molecule has 3 fully saturated rings. The van der Waals surface area contributed by atoms with Crippen LogP contribution in [0.25, 0.3) is 0 Å². The Bertz CT molecular complexity index is 836. The number of nitrogens with one attached hydrogen (secondary N) is 2. The maximum Gasteiger partial charge on any atom is 0.255 e. The van der Waals surface area contributed by atoms with E-state index in [1.54, 1.807) is 4.90 Å². The van der Waals surface area contributed by atoms with E-state index in [0.717, 1.165) is 37.4 Å². The van der Waals surface area contributed by atoms with E-state index < -0.39 is 6.04 Å². The van der Waals surface area contributed by atoms with Crippen LogP contribution >= 0.6 is 0 Å². The van der Waals surface area contributed by atoms with Gasteiger partial charge in [-0.05, 0) is 55.3 Å². The molecular formula is C21H26N4O3. The summed E-state index contributed by atoms with van der Waals surface area (Å²) < 4.78 is 0. The standard InChI is InChI=1S/C21H26N4O3/c26-18-4-3-17(19(27)23-18)25-12-14-1-2-15(11-16(14)20(25)28)24-9-6-21(7-10-24)5-8-22-13-21/h1-2,11,17,22H,3-10,12-13H2,(H,23,26,27). The van der Waals surface area contributed by atoms with Crippen LogP contribution in [0.15, 0.2) is 18.2 Å². The van der Waals surface area contributed by atoms with Gasteiger partial charge in [-0.2, -0.15) is 0 Å². The van der Waals surface area contributed by atoms with Gasteiger partial charge in [0.15, 0.2) is 0 Å². The molecule has 28 heavy (non-hydrogen) atoms. The third kappa shape index (κ3) is 2.89. The molecule has 0 radical (unpaired) electrons. The molecule has 148 valence electrons. The van der Waals surface area contributed by atoms with Crippen LogP contribution in [0.4, 0.5) is 5.69 Å². The molecular weight excluding hydrogens is 356 g/mol. The van der Waals surface area contributed by atoms with Gasteiger partial charge < -0.3 is 15.1 Å². The molecule has 0 aromatic heterocycles. The number of imide groups is 1. The molecule has 4 aliphatic rings. The zero-order valence-electron chi connectivity index (χ0n) is 16.0. The van der Waals surface area contributed by atoms with E-state index in [0.29, 0.717) is 23.9 Å². The Kier molecular flexibility index (Phi) is 4.16. The molecule has 7 nitrogen and oxygen atoms in total. The highest BCUT2D eigenvalue weighted by molar-refractivity contribution is 6.05. The van der Waals surface area contributed by atoms with Crippen molar-refractivity contribution in [3.63, 3.8) is 0 Å². The van der Waals surface area contributed by atoms with Crippen LogP contribution in [0.2, 0.25) is 0 Å². The summed E-state index contributed by atoms with van der Waals surface area (Å²) in [5.74, 6) is -0.711. The second kappa shape index (κ2) is 6.58. The summed E-state index contributed by atoms with van der Waals surface area (Å²) in [6.45, 7) is 4.74. The van der Waals surface area contributed by atoms with Gasteiger partial charge in [0, 0.05) is 43.9 Å². The first kappa shape index (κ1) is 17.7. The van der Waals surface area contributed by atoms with E-state index in [9.17, 15) is 14.4 Å². The lowest BCUT2D eigenvalue weighted by molar-refractivity contribution is -0.136. The minimum absolute atomic E-state index is 0.0974. The van der Waals surface area contributed by atoms with Crippen LogP contribution in [0.1, 0.15) is 48.0 Å². The van der Waals surface area contributed by atoms with E-state index in [1.807, 2.05) is 12.1 Å². The predicted molar refractivity (Wildman–Crippen MR) is 104 cm³/mol. The van der Waals surface area contributed by atoms with Crippen molar-refractivity contribution < 1.29 is 14.4 Å². The monoisotopic (exact) mass is 382 g/mol. The molecule has 1 aromatic rings. The SMILES string of the molecule is O=C1CCC(N2Cc3ccc(N4CCC5(CCNC5)CC4)cc3C2=O)C(=O)N1. The van der Waals surface area contributed by atoms with Gasteiger partial charge in [0.05, 0.1) is 0 Å². The number of amides is 3. The largest absolute Gasteiger partial charge is 0.371 e. The lowest BCUT2D eigenvalue weighted by atomic mass is 9.77. The summed E-state index contributed by atoms with van der Waals surface area (Å²) in [5.41, 5.74) is 3.22. The number of piperidine rings is 2. The predicted octanol–water partition coefficient (Wildman–Crippen LogP) is 1.03. The minimum atomic E-state index is -0.550. The van der Waals surface area contributed by atoms with E-state index in [2.05, 4.69) is 21.6 Å². The van der Waals surface area contributed by atoms with Gasteiger partial charge in [0.2, 0.25) is 11.8 Å². The van der Waals surface area contributed by atoms with Gasteiger partial charge in [0.25, 0.3) is 5.91 Å². The first-order valence-corrected chi connectivity index (χ1v) is 10.3. The fourth-order valence-electron chi connectivity index (χ4n) is 5.20. The summed E-state index contributed by atoms with van der Waals surface area (Å²) >= 11 is 0. The van der Waals surface area contributed by atoms with Crippen molar-refractivity contribution >= 4 is 23.4 Å². The number of hydrogen-bond donors (Lipinski definition) is 2. The molecule has 1 unspecified atom stereocenters. The van der Waals surface area contributed by atoms with Crippen molar-refractivity contribution in [2.45, 2.75) is 44.7 Å². The average Bonchev–Trinajstić information content (AvgIpc) is 3.27. The molecule has 1 aromatic carbocycles. The minimum Gasteiger partial charge on any atom is -0.371 e. The number of nitrogens with zero attached hydrogens (tertiary/aromatic N) is 2. The number of rotatable bonds is 2. The molecule has 5 rings (SSSR count). The molecule has 2 N–H and O–H groups in total. The highest BCUT2D eigenvalue weighted by Crippen LogP contribution is 2.39. The van der Waals surface area contributed by atoms with Crippen molar-refractivity contribution in [1.82, 2.24) is 15.5 Å². The van der Waals surface area contributed by atoms with E-state index in [4.69, 9.17) is 0 Å². The Morgan fingerprint density at radius 1 is 1.07 bits per heavy atom. The van der Waals surface area contributed by atoms with Crippen LogP contribution in [-0.4, -0.2) is 54.8 Å². The number of fused-ring (bicyclic) bond motifs is 1. The summed E-state index contributed by atoms with van der Waals surface area (Å²) in [6.07, 6.45) is 4.33. The fraction of sp³-hybridized carbons (Fsp3) is 0.571. The Hall–Kier alpha value is -2.41. The zero-order chi connectivity index (χ0) is 19.3. The topological polar surface area (TPSA) is 81.8 Å². The highest BCUT2D eigenvalue weighted by Gasteiger charge is 2.40. The maximum absolute atomic E-state index is 13.0. The van der Waals surface area contributed by atoms with Gasteiger partial charge >= 0.3 is 0 Å². The number of benzene rings is 1. The number of carbonyl (C=O) groups excluding carboxylic acids is 3. The van der Waals surface area contributed by atoms with E-state index >= 15 is 0 Å². The fourth-order valence-corrected chi connectivity index (χ4v) is 5.20. The molecule has 4 heterocycles. The van der Waals surface area contributed by atoms with Gasteiger partial charge in [-0.15, -0.1) is 0 Å². The quantitative estimate of drug-likeness (QED) is 0.747. The second-order valence-electron chi connectivity index (χ2n) is 8.66. The Morgan fingerprint density at radius 3 is 2.61 bits per heavy atom. The molecule has 3 amide bonds. The molecule has 0 saturated carbocycles. The molecule has 3 saturated heterocycles. The Labute approximate surface area is 164 Å². The Balaban J connectivity index is 1.31. The van der Waals surface area contributed by atoms with Crippen molar-refractivity contribution in [2.75, 3.05) is 31.1 Å². The number of carbonyl (C=O) groups is 3. The van der Waals surface area contributed by atoms with E-state index in [1.165, 1.54) is 19.3 Å². The number of anilines is 1. The van der Waals surface area contributed by atoms with E-state index in [-0.39, 0.29) is 24.1 Å². The normalized spacial score (nSPS) is 26.7. The van der Waals surface area contributed by atoms with Crippen LogP contribution in [-0.2, 0) is 16.1 Å². The smallest absolute Gasteiger partial charge is 0.255 e. The summed E-state index contributed by atoms with van der Waals surface area (Å²) in [5, 5.41) is 5.85. The van der Waals surface area contributed by atoms with Gasteiger partial charge in [-0.3, -0.25) is 19.7 Å². The Morgan fingerprint density at radius 2 is 1.89 bits per heavy atom. The van der Waals surface area contributed by atoms with Crippen LogP contribution in [0.5, 0.6) is 0 Å². The van der Waals surface area contributed by atoms with Crippen LogP contribution in [0.3, 0.4) is 0 Å². The third-order valence-corrected chi connectivity index (χ3v) is 7.03. The lowest BCUT2D eigenvalue weighted by Crippen LogP contribution is -2.52. The van der Waals surface area contributed by atoms with Crippen molar-refractivity contribution in [1.29, 1.82) is 0 Å². The van der Waals surface area contributed by atoms with Gasteiger partial charge in [-0.25, -0.2) is 0 Å². The third-order valence-electron chi connectivity index (χ3n) is 7.03. The van der Waals surface area contributed by atoms with Crippen molar-refractivity contribution in [3.8, 4) is 0 Å². The van der Waals surface area contributed by atoms with Crippen molar-refractivity contribution in [2.24, 2.45) is 5.41 Å². The molecule has 0 bridgehead atoms. The zero-order valence-corrected chi connectivity index (χ0v) is 16.0. The average molecular weight is 382 g/mol. The van der Waals surface area contributed by atoms with Gasteiger partial charge in [-0.1, -0.05) is 6.07 Å². The molecule has 7 heteroatoms. The maximum atomic E-state index is 13.0. The molecule has 4 aliphatic heterocycles. The lowest BCUT2D eigenvalue weighted by Gasteiger charge is -2.40. The first-order chi connectivity index (χ1) is 13.5. The second-order valence-corrected chi connectivity index (χ2v) is 8.66.